The fourth-order valence-corrected chi connectivity index (χ4v) is 3.61. The Morgan fingerprint density at radius 1 is 1.00 bits per heavy atom. The Kier molecular flexibility index (Phi) is 6.08. The highest BCUT2D eigenvalue weighted by Crippen LogP contribution is 2.23. The van der Waals surface area contributed by atoms with Gasteiger partial charge in [-0.3, -0.25) is 9.59 Å². The van der Waals surface area contributed by atoms with Crippen molar-refractivity contribution < 1.29 is 14.0 Å². The lowest BCUT2D eigenvalue weighted by Gasteiger charge is -2.34. The van der Waals surface area contributed by atoms with E-state index in [1.165, 1.54) is 35.1 Å². The molecule has 1 N–H and O–H groups in total. The molecule has 1 aromatic heterocycles. The molecule has 3 aromatic rings. The molecule has 160 valence electrons. The third kappa shape index (κ3) is 4.49. The summed E-state index contributed by atoms with van der Waals surface area (Å²) in [4.78, 5) is 30.2. The van der Waals surface area contributed by atoms with Gasteiger partial charge in [-0.15, -0.1) is 0 Å². The topological polar surface area (TPSA) is 70.5 Å². The first-order valence-corrected chi connectivity index (χ1v) is 10.3. The molecule has 1 aliphatic heterocycles. The van der Waals surface area contributed by atoms with Gasteiger partial charge in [0.25, 0.3) is 11.8 Å². The summed E-state index contributed by atoms with van der Waals surface area (Å²) >= 11 is 0. The van der Waals surface area contributed by atoms with Crippen LogP contribution in [0.25, 0.3) is 5.69 Å². The predicted molar refractivity (Wildman–Crippen MR) is 116 cm³/mol. The molecule has 0 bridgehead atoms. The van der Waals surface area contributed by atoms with Gasteiger partial charge in [0.15, 0.2) is 0 Å². The van der Waals surface area contributed by atoms with Crippen LogP contribution in [0.2, 0.25) is 0 Å². The van der Waals surface area contributed by atoms with E-state index in [0.717, 1.165) is 19.6 Å². The first kappa shape index (κ1) is 20.7. The molecule has 2 amide bonds. The van der Waals surface area contributed by atoms with Gasteiger partial charge in [-0.2, -0.15) is 5.10 Å². The molecule has 0 aliphatic carbocycles. The molecule has 0 radical (unpaired) electrons. The SMILES string of the molecule is CCN1CCN(C(=O)c2cnn(-c3ccccc3)c2NC(=O)c2ccc(F)cc2)CC1. The van der Waals surface area contributed by atoms with Gasteiger partial charge >= 0.3 is 0 Å². The predicted octanol–water partition coefficient (Wildman–Crippen LogP) is 3.04. The number of benzene rings is 2. The molecule has 4 rings (SSSR count). The fraction of sp³-hybridized carbons (Fsp3) is 0.261. The van der Waals surface area contributed by atoms with E-state index in [4.69, 9.17) is 0 Å². The third-order valence-corrected chi connectivity index (χ3v) is 5.45. The Bertz CT molecular complexity index is 1060. The Morgan fingerprint density at radius 2 is 1.68 bits per heavy atom. The summed E-state index contributed by atoms with van der Waals surface area (Å²) in [6, 6.07) is 14.5. The summed E-state index contributed by atoms with van der Waals surface area (Å²) in [7, 11) is 0. The van der Waals surface area contributed by atoms with Crippen molar-refractivity contribution in [3.05, 3.63) is 77.7 Å². The van der Waals surface area contributed by atoms with E-state index >= 15 is 0 Å². The van der Waals surface area contributed by atoms with Gasteiger partial charge in [0, 0.05) is 31.7 Å². The minimum atomic E-state index is -0.442. The second-order valence-electron chi connectivity index (χ2n) is 7.34. The molecule has 1 saturated heterocycles. The lowest BCUT2D eigenvalue weighted by atomic mass is 10.2. The summed E-state index contributed by atoms with van der Waals surface area (Å²) in [6.45, 7) is 5.92. The van der Waals surface area contributed by atoms with Crippen LogP contribution in [0.5, 0.6) is 0 Å². The summed E-state index contributed by atoms with van der Waals surface area (Å²) < 4.78 is 14.8. The van der Waals surface area contributed by atoms with Gasteiger partial charge in [-0.25, -0.2) is 9.07 Å². The van der Waals surface area contributed by atoms with E-state index in [1.807, 2.05) is 30.3 Å². The van der Waals surface area contributed by atoms with Gasteiger partial charge in [0.05, 0.1) is 11.9 Å². The molecule has 2 aromatic carbocycles. The highest BCUT2D eigenvalue weighted by atomic mass is 19.1. The third-order valence-electron chi connectivity index (χ3n) is 5.45. The minimum Gasteiger partial charge on any atom is -0.336 e. The zero-order chi connectivity index (χ0) is 21.8. The maximum Gasteiger partial charge on any atom is 0.259 e. The van der Waals surface area contributed by atoms with Gasteiger partial charge in [-0.1, -0.05) is 25.1 Å². The minimum absolute atomic E-state index is 0.174. The molecule has 0 spiro atoms. The number of anilines is 1. The number of hydrogen-bond donors (Lipinski definition) is 1. The molecule has 1 aliphatic rings. The second-order valence-corrected chi connectivity index (χ2v) is 7.34. The van der Waals surface area contributed by atoms with E-state index in [2.05, 4.69) is 22.2 Å². The maximum atomic E-state index is 13.3. The van der Waals surface area contributed by atoms with Crippen LogP contribution in [-0.4, -0.2) is 64.1 Å². The number of nitrogens with one attached hydrogen (secondary N) is 1. The van der Waals surface area contributed by atoms with Crippen LogP contribution in [0, 0.1) is 5.82 Å². The summed E-state index contributed by atoms with van der Waals surface area (Å²) in [5.74, 6) is -0.744. The van der Waals surface area contributed by atoms with Crippen molar-refractivity contribution >= 4 is 17.6 Å². The highest BCUT2D eigenvalue weighted by Gasteiger charge is 2.27. The monoisotopic (exact) mass is 421 g/mol. The molecule has 2 heterocycles. The van der Waals surface area contributed by atoms with E-state index < -0.39 is 11.7 Å². The number of nitrogens with zero attached hydrogens (tertiary/aromatic N) is 4. The van der Waals surface area contributed by atoms with Crippen LogP contribution in [0.3, 0.4) is 0 Å². The Morgan fingerprint density at radius 3 is 2.32 bits per heavy atom. The standard InChI is InChI=1S/C23H24FN5O2/c1-2-27-12-14-28(15-13-27)23(31)20-16-25-29(19-6-4-3-5-7-19)21(20)26-22(30)17-8-10-18(24)11-9-17/h3-11,16H,2,12-15H2,1H3,(H,26,30). The number of amides is 2. The average Bonchev–Trinajstić information content (AvgIpc) is 3.23. The van der Waals surface area contributed by atoms with E-state index in [9.17, 15) is 14.0 Å². The number of halogens is 1. The van der Waals surface area contributed by atoms with E-state index in [1.54, 1.807) is 4.90 Å². The van der Waals surface area contributed by atoms with Crippen LogP contribution in [0.1, 0.15) is 27.6 Å². The Labute approximate surface area is 180 Å². The lowest BCUT2D eigenvalue weighted by Crippen LogP contribution is -2.48. The number of likely N-dealkylation sites (N-methyl/N-ethyl adjacent to an activating group) is 1. The summed E-state index contributed by atoms with van der Waals surface area (Å²) in [5, 5.41) is 7.19. The second kappa shape index (κ2) is 9.09. The largest absolute Gasteiger partial charge is 0.336 e. The first-order valence-electron chi connectivity index (χ1n) is 10.3. The molecule has 0 atom stereocenters. The molecular weight excluding hydrogens is 397 g/mol. The Balaban J connectivity index is 1.65. The normalized spacial score (nSPS) is 14.5. The number of hydrogen-bond acceptors (Lipinski definition) is 4. The van der Waals surface area contributed by atoms with Crippen molar-refractivity contribution in [1.29, 1.82) is 0 Å². The highest BCUT2D eigenvalue weighted by molar-refractivity contribution is 6.08. The van der Waals surface area contributed by atoms with Gasteiger partial charge < -0.3 is 15.1 Å². The van der Waals surface area contributed by atoms with Crippen LogP contribution in [-0.2, 0) is 0 Å². The van der Waals surface area contributed by atoms with Crippen molar-refractivity contribution in [3.8, 4) is 5.69 Å². The number of rotatable bonds is 5. The molecule has 0 unspecified atom stereocenters. The number of piperazine rings is 1. The van der Waals surface area contributed by atoms with Crippen molar-refractivity contribution in [2.75, 3.05) is 38.0 Å². The lowest BCUT2D eigenvalue weighted by molar-refractivity contribution is 0.0644. The summed E-state index contributed by atoms with van der Waals surface area (Å²) in [6.07, 6.45) is 1.49. The van der Waals surface area contributed by atoms with Gasteiger partial charge in [0.1, 0.15) is 17.2 Å². The Hall–Kier alpha value is -3.52. The molecule has 31 heavy (non-hydrogen) atoms. The quantitative estimate of drug-likeness (QED) is 0.688. The van der Waals surface area contributed by atoms with Crippen molar-refractivity contribution in [2.45, 2.75) is 6.92 Å². The van der Waals surface area contributed by atoms with Gasteiger partial charge in [-0.05, 0) is 42.9 Å². The van der Waals surface area contributed by atoms with Crippen LogP contribution in [0.15, 0.2) is 60.8 Å². The molecule has 8 heteroatoms. The number of para-hydroxylation sites is 1. The average molecular weight is 421 g/mol. The molecule has 7 nitrogen and oxygen atoms in total. The van der Waals surface area contributed by atoms with E-state index in [0.29, 0.717) is 30.2 Å². The zero-order valence-corrected chi connectivity index (χ0v) is 17.3. The molecular formula is C23H24FN5O2. The van der Waals surface area contributed by atoms with Crippen molar-refractivity contribution in [2.24, 2.45) is 0 Å². The smallest absolute Gasteiger partial charge is 0.259 e. The van der Waals surface area contributed by atoms with Crippen LogP contribution in [0.4, 0.5) is 10.2 Å². The zero-order valence-electron chi connectivity index (χ0n) is 17.3. The summed E-state index contributed by atoms with van der Waals surface area (Å²) in [5.41, 5.74) is 1.33. The van der Waals surface area contributed by atoms with Crippen molar-refractivity contribution in [3.63, 3.8) is 0 Å². The van der Waals surface area contributed by atoms with Gasteiger partial charge in [0.2, 0.25) is 0 Å². The molecule has 0 saturated carbocycles. The number of carbonyl (C=O) groups is 2. The van der Waals surface area contributed by atoms with Crippen molar-refractivity contribution in [1.82, 2.24) is 19.6 Å². The van der Waals surface area contributed by atoms with Crippen LogP contribution < -0.4 is 5.32 Å². The number of carbonyl (C=O) groups excluding carboxylic acids is 2. The van der Waals surface area contributed by atoms with E-state index in [-0.39, 0.29) is 11.5 Å². The molecule has 1 fully saturated rings. The first-order chi connectivity index (χ1) is 15.1. The number of aromatic nitrogens is 2. The fourth-order valence-electron chi connectivity index (χ4n) is 3.61. The maximum absolute atomic E-state index is 13.3. The van der Waals surface area contributed by atoms with Crippen LogP contribution >= 0.6 is 0 Å².